The first-order valence-corrected chi connectivity index (χ1v) is 6.95. The lowest BCUT2D eigenvalue weighted by Crippen LogP contribution is -2.45. The zero-order valence-electron chi connectivity index (χ0n) is 11.7. The van der Waals surface area contributed by atoms with Crippen LogP contribution in [0.15, 0.2) is 0 Å². The quantitative estimate of drug-likeness (QED) is 0.565. The average molecular weight is 285 g/mol. The minimum Gasteiger partial charge on any atom is -0.481 e. The molecule has 0 spiro atoms. The van der Waals surface area contributed by atoms with Gasteiger partial charge in [-0.3, -0.25) is 9.59 Å². The highest BCUT2D eigenvalue weighted by atomic mass is 16.4. The van der Waals surface area contributed by atoms with E-state index < -0.39 is 17.9 Å². The summed E-state index contributed by atoms with van der Waals surface area (Å²) in [5.74, 6) is -1.68. The third kappa shape index (κ3) is 5.46. The van der Waals surface area contributed by atoms with E-state index in [0.29, 0.717) is 13.0 Å². The fraction of sp³-hybridized carbons (Fsp3) is 0.769. The Kier molecular flexibility index (Phi) is 6.27. The third-order valence-corrected chi connectivity index (χ3v) is 3.64. The van der Waals surface area contributed by atoms with Crippen LogP contribution in [0.4, 0.5) is 4.79 Å². The van der Waals surface area contributed by atoms with Crippen LogP contribution in [-0.4, -0.2) is 35.6 Å². The summed E-state index contributed by atoms with van der Waals surface area (Å²) in [6, 6.07) is -0.734. The molecule has 3 amide bonds. The molecule has 0 aliphatic heterocycles. The molecule has 3 atom stereocenters. The summed E-state index contributed by atoms with van der Waals surface area (Å²) in [4.78, 5) is 33.5. The molecule has 1 aliphatic carbocycles. The molecule has 0 bridgehead atoms. The van der Waals surface area contributed by atoms with Gasteiger partial charge in [0.1, 0.15) is 0 Å². The number of hydrogen-bond donors (Lipinski definition) is 4. The van der Waals surface area contributed by atoms with Crippen LogP contribution in [-0.2, 0) is 9.59 Å². The van der Waals surface area contributed by atoms with Crippen LogP contribution >= 0.6 is 0 Å². The highest BCUT2D eigenvalue weighted by Gasteiger charge is 2.30. The Bertz CT molecular complexity index is 373. The second kappa shape index (κ2) is 7.72. The largest absolute Gasteiger partial charge is 0.481 e. The lowest BCUT2D eigenvalue weighted by molar-refractivity contribution is -0.144. The molecular weight excluding hydrogens is 262 g/mol. The van der Waals surface area contributed by atoms with Gasteiger partial charge < -0.3 is 21.5 Å². The molecule has 5 N–H and O–H groups in total. The van der Waals surface area contributed by atoms with Crippen molar-refractivity contribution in [3.63, 3.8) is 0 Å². The molecule has 20 heavy (non-hydrogen) atoms. The minimum absolute atomic E-state index is 0.0292. The summed E-state index contributed by atoms with van der Waals surface area (Å²) in [5, 5.41) is 14.4. The molecule has 1 rings (SSSR count). The van der Waals surface area contributed by atoms with Crippen molar-refractivity contribution in [2.24, 2.45) is 17.6 Å². The predicted octanol–water partition coefficient (Wildman–Crippen LogP) is 0.441. The number of rotatable bonds is 6. The van der Waals surface area contributed by atoms with Crippen LogP contribution in [0.2, 0.25) is 0 Å². The fourth-order valence-corrected chi connectivity index (χ4v) is 2.63. The molecular formula is C13H23N3O4. The van der Waals surface area contributed by atoms with Gasteiger partial charge in [0.05, 0.1) is 5.92 Å². The van der Waals surface area contributed by atoms with Crippen LogP contribution in [0, 0.1) is 11.8 Å². The van der Waals surface area contributed by atoms with Gasteiger partial charge in [-0.2, -0.15) is 0 Å². The number of primary amides is 1. The smallest absolute Gasteiger partial charge is 0.315 e. The van der Waals surface area contributed by atoms with E-state index in [-0.39, 0.29) is 24.3 Å². The van der Waals surface area contributed by atoms with Gasteiger partial charge in [-0.25, -0.2) is 4.79 Å². The molecule has 0 aromatic heterocycles. The van der Waals surface area contributed by atoms with Gasteiger partial charge in [-0.05, 0) is 25.7 Å². The first-order chi connectivity index (χ1) is 9.40. The molecule has 3 unspecified atom stereocenters. The highest BCUT2D eigenvalue weighted by Crippen LogP contribution is 2.29. The van der Waals surface area contributed by atoms with Gasteiger partial charge >= 0.3 is 12.0 Å². The van der Waals surface area contributed by atoms with Gasteiger partial charge in [-0.1, -0.05) is 12.8 Å². The Labute approximate surface area is 118 Å². The standard InChI is InChI=1S/C13H23N3O4/c1-8(6-11(14)17)16-13(20)15-7-9-4-2-3-5-10(9)12(18)19/h8-10H,2-7H2,1H3,(H2,14,17)(H,18,19)(H2,15,16,20). The number of nitrogens with one attached hydrogen (secondary N) is 2. The number of carbonyl (C=O) groups excluding carboxylic acids is 2. The Morgan fingerprint density at radius 3 is 2.55 bits per heavy atom. The average Bonchev–Trinajstić information content (AvgIpc) is 2.35. The van der Waals surface area contributed by atoms with E-state index in [1.807, 2.05) is 0 Å². The van der Waals surface area contributed by atoms with E-state index in [1.54, 1.807) is 6.92 Å². The lowest BCUT2D eigenvalue weighted by atomic mass is 9.79. The van der Waals surface area contributed by atoms with Crippen molar-refractivity contribution in [3.05, 3.63) is 0 Å². The normalized spacial score (nSPS) is 23.6. The van der Waals surface area contributed by atoms with E-state index in [1.165, 1.54) is 0 Å². The maximum Gasteiger partial charge on any atom is 0.315 e. The van der Waals surface area contributed by atoms with E-state index in [2.05, 4.69) is 10.6 Å². The van der Waals surface area contributed by atoms with Crippen LogP contribution in [0.25, 0.3) is 0 Å². The number of carboxylic acid groups (broad SMARTS) is 1. The third-order valence-electron chi connectivity index (χ3n) is 3.64. The zero-order valence-corrected chi connectivity index (χ0v) is 11.7. The summed E-state index contributed by atoms with van der Waals surface area (Å²) >= 11 is 0. The van der Waals surface area contributed by atoms with Gasteiger partial charge in [0, 0.05) is 19.0 Å². The van der Waals surface area contributed by atoms with Gasteiger partial charge in [0.2, 0.25) is 5.91 Å². The first-order valence-electron chi connectivity index (χ1n) is 6.95. The minimum atomic E-state index is -0.793. The summed E-state index contributed by atoms with van der Waals surface area (Å²) in [7, 11) is 0. The van der Waals surface area contributed by atoms with Gasteiger partial charge in [-0.15, -0.1) is 0 Å². The van der Waals surface area contributed by atoms with Crippen molar-refractivity contribution in [2.75, 3.05) is 6.54 Å². The van der Waals surface area contributed by atoms with E-state index in [9.17, 15) is 14.4 Å². The van der Waals surface area contributed by atoms with Crippen LogP contribution in [0.1, 0.15) is 39.0 Å². The Hall–Kier alpha value is -1.79. The maximum absolute atomic E-state index is 11.6. The first kappa shape index (κ1) is 16.3. The molecule has 7 nitrogen and oxygen atoms in total. The Morgan fingerprint density at radius 2 is 1.95 bits per heavy atom. The van der Waals surface area contributed by atoms with Gasteiger partial charge in [0.15, 0.2) is 0 Å². The molecule has 7 heteroatoms. The zero-order chi connectivity index (χ0) is 15.1. The topological polar surface area (TPSA) is 122 Å². The molecule has 1 saturated carbocycles. The molecule has 0 aromatic carbocycles. The SMILES string of the molecule is CC(CC(N)=O)NC(=O)NCC1CCCCC1C(=O)O. The number of carboxylic acids is 1. The van der Waals surface area contributed by atoms with Crippen molar-refractivity contribution >= 4 is 17.9 Å². The van der Waals surface area contributed by atoms with Crippen molar-refractivity contribution in [1.29, 1.82) is 0 Å². The molecule has 114 valence electrons. The number of nitrogens with two attached hydrogens (primary N) is 1. The number of aliphatic carboxylic acids is 1. The van der Waals surface area contributed by atoms with Crippen molar-refractivity contribution in [1.82, 2.24) is 10.6 Å². The monoisotopic (exact) mass is 285 g/mol. The number of hydrogen-bond acceptors (Lipinski definition) is 3. The second-order valence-electron chi connectivity index (χ2n) is 5.42. The van der Waals surface area contributed by atoms with Crippen molar-refractivity contribution in [3.8, 4) is 0 Å². The molecule has 1 fully saturated rings. The number of carbonyl (C=O) groups is 3. The van der Waals surface area contributed by atoms with Crippen LogP contribution in [0.5, 0.6) is 0 Å². The van der Waals surface area contributed by atoms with Gasteiger partial charge in [0.25, 0.3) is 0 Å². The predicted molar refractivity (Wildman–Crippen MR) is 72.9 cm³/mol. The molecule has 0 saturated heterocycles. The van der Waals surface area contributed by atoms with Crippen molar-refractivity contribution < 1.29 is 19.5 Å². The highest BCUT2D eigenvalue weighted by molar-refractivity contribution is 5.77. The van der Waals surface area contributed by atoms with Crippen LogP contribution < -0.4 is 16.4 Å². The van der Waals surface area contributed by atoms with E-state index >= 15 is 0 Å². The molecule has 1 aliphatic rings. The van der Waals surface area contributed by atoms with E-state index in [0.717, 1.165) is 19.3 Å². The Morgan fingerprint density at radius 1 is 1.30 bits per heavy atom. The molecule has 0 aromatic rings. The molecule has 0 heterocycles. The lowest BCUT2D eigenvalue weighted by Gasteiger charge is -2.28. The second-order valence-corrected chi connectivity index (χ2v) is 5.42. The number of amides is 3. The summed E-state index contributed by atoms with van der Waals surface area (Å²) in [5.41, 5.74) is 5.04. The van der Waals surface area contributed by atoms with E-state index in [4.69, 9.17) is 10.8 Å². The molecule has 0 radical (unpaired) electrons. The van der Waals surface area contributed by atoms with Crippen molar-refractivity contribution in [2.45, 2.75) is 45.1 Å². The van der Waals surface area contributed by atoms with Crippen LogP contribution in [0.3, 0.4) is 0 Å². The summed E-state index contributed by atoms with van der Waals surface area (Å²) in [6.07, 6.45) is 3.48. The summed E-state index contributed by atoms with van der Waals surface area (Å²) < 4.78 is 0. The Balaban J connectivity index is 2.35. The maximum atomic E-state index is 11.6. The number of urea groups is 1. The fourth-order valence-electron chi connectivity index (χ4n) is 2.63. The summed E-state index contributed by atoms with van der Waals surface area (Å²) in [6.45, 7) is 2.02.